The largest absolute Gasteiger partial charge is 0.353 e. The highest BCUT2D eigenvalue weighted by molar-refractivity contribution is 5.76. The first-order valence-corrected chi connectivity index (χ1v) is 16.3. The maximum Gasteiger partial charge on any atom is 0.221 e. The van der Waals surface area contributed by atoms with Crippen LogP contribution in [0.3, 0.4) is 0 Å². The zero-order valence-corrected chi connectivity index (χ0v) is 25.6. The Labute approximate surface area is 237 Å². The molecule has 0 aromatic rings. The van der Waals surface area contributed by atoms with E-state index in [0.29, 0.717) is 35.6 Å². The summed E-state index contributed by atoms with van der Waals surface area (Å²) >= 11 is 0. The Morgan fingerprint density at radius 2 is 1.82 bits per heavy atom. The molecule has 2 heterocycles. The minimum absolute atomic E-state index is 0.108. The number of hydrogen-bond acceptors (Lipinski definition) is 5. The fourth-order valence-electron chi connectivity index (χ4n) is 11.4. The number of hydrogen-bond donors (Lipinski definition) is 2. The van der Waals surface area contributed by atoms with Gasteiger partial charge >= 0.3 is 0 Å². The molecule has 6 aliphatic rings. The Balaban J connectivity index is 1.18. The van der Waals surface area contributed by atoms with Gasteiger partial charge in [-0.25, -0.2) is 0 Å². The molecular formula is C33H55N3O3. The minimum atomic E-state index is -0.488. The van der Waals surface area contributed by atoms with Crippen LogP contribution in [-0.4, -0.2) is 62.2 Å². The van der Waals surface area contributed by atoms with E-state index in [-0.39, 0.29) is 28.8 Å². The zero-order valence-electron chi connectivity index (χ0n) is 25.6. The van der Waals surface area contributed by atoms with Crippen molar-refractivity contribution in [3.63, 3.8) is 0 Å². The predicted octanol–water partition coefficient (Wildman–Crippen LogP) is 5.89. The maximum absolute atomic E-state index is 12.6. The molecule has 1 amide bonds. The molecule has 2 aliphatic heterocycles. The van der Waals surface area contributed by atoms with Crippen molar-refractivity contribution < 1.29 is 14.3 Å². The SMILES string of the molecule is C[C@H]1CC[C@@]2(OC1)OC1C[C@H]3[C@@H]4CC[C@@H]5C[C@@H](NC(=O)CCN(C)C)CC[C@]5(C)[C@H]4CC[C@]3(C)[C@@]1(C=N)[C@@H]2C. The third-order valence-electron chi connectivity index (χ3n) is 13.8. The minimum Gasteiger partial charge on any atom is -0.353 e. The van der Waals surface area contributed by atoms with E-state index in [0.717, 1.165) is 57.1 Å². The molecule has 2 N–H and O–H groups in total. The predicted molar refractivity (Wildman–Crippen MR) is 155 cm³/mol. The fraction of sp³-hybridized carbons (Fsp3) is 0.939. The smallest absolute Gasteiger partial charge is 0.221 e. The Bertz CT molecular complexity index is 962. The summed E-state index contributed by atoms with van der Waals surface area (Å²) in [5, 5.41) is 12.3. The number of nitrogens with zero attached hydrogens (tertiary/aromatic N) is 1. The molecule has 220 valence electrons. The first-order chi connectivity index (χ1) is 18.5. The average Bonchev–Trinajstić information content (AvgIpc) is 3.29. The lowest BCUT2D eigenvalue weighted by atomic mass is 9.42. The van der Waals surface area contributed by atoms with E-state index >= 15 is 0 Å². The van der Waals surface area contributed by atoms with Crippen LogP contribution in [0.15, 0.2) is 0 Å². The van der Waals surface area contributed by atoms with Gasteiger partial charge in [0, 0.05) is 43.0 Å². The number of carbonyl (C=O) groups excluding carboxylic acids is 1. The highest BCUT2D eigenvalue weighted by Crippen LogP contribution is 2.75. The molecular weight excluding hydrogens is 486 g/mol. The van der Waals surface area contributed by atoms with Gasteiger partial charge in [-0.1, -0.05) is 27.7 Å². The number of fused-ring (bicyclic) bond motifs is 7. The van der Waals surface area contributed by atoms with Gasteiger partial charge in [-0.15, -0.1) is 0 Å². The molecule has 1 spiro atoms. The Morgan fingerprint density at radius 3 is 2.51 bits per heavy atom. The van der Waals surface area contributed by atoms with Crippen LogP contribution in [0.25, 0.3) is 0 Å². The fourth-order valence-corrected chi connectivity index (χ4v) is 11.4. The molecule has 39 heavy (non-hydrogen) atoms. The van der Waals surface area contributed by atoms with E-state index in [1.54, 1.807) is 0 Å². The number of nitrogens with one attached hydrogen (secondary N) is 2. The van der Waals surface area contributed by atoms with Gasteiger partial charge in [0.15, 0.2) is 5.79 Å². The van der Waals surface area contributed by atoms with E-state index in [1.807, 2.05) is 20.3 Å². The van der Waals surface area contributed by atoms with Crippen molar-refractivity contribution in [3.8, 4) is 0 Å². The molecule has 1 unspecified atom stereocenters. The summed E-state index contributed by atoms with van der Waals surface area (Å²) in [5.41, 5.74) is 0.271. The summed E-state index contributed by atoms with van der Waals surface area (Å²) in [5.74, 6) is 3.39. The Morgan fingerprint density at radius 1 is 1.03 bits per heavy atom. The van der Waals surface area contributed by atoms with Gasteiger partial charge in [-0.2, -0.15) is 0 Å². The number of rotatable bonds is 5. The second-order valence-electron chi connectivity index (χ2n) is 15.6. The molecule has 6 nitrogen and oxygen atoms in total. The normalized spacial score (nSPS) is 52.6. The van der Waals surface area contributed by atoms with Crippen LogP contribution >= 0.6 is 0 Å². The Hall–Kier alpha value is -0.980. The molecule has 2 saturated heterocycles. The highest BCUT2D eigenvalue weighted by atomic mass is 16.7. The van der Waals surface area contributed by atoms with E-state index in [4.69, 9.17) is 14.9 Å². The van der Waals surface area contributed by atoms with Gasteiger partial charge in [-0.05, 0) is 112 Å². The van der Waals surface area contributed by atoms with Gasteiger partial charge < -0.3 is 25.1 Å². The van der Waals surface area contributed by atoms with E-state index in [1.165, 1.54) is 32.1 Å². The monoisotopic (exact) mass is 541 g/mol. The van der Waals surface area contributed by atoms with Crippen molar-refractivity contribution in [3.05, 3.63) is 0 Å². The summed E-state index contributed by atoms with van der Waals surface area (Å²) < 4.78 is 13.5. The van der Waals surface area contributed by atoms with E-state index in [9.17, 15) is 4.79 Å². The summed E-state index contributed by atoms with van der Waals surface area (Å²) in [6, 6.07) is 0.346. The lowest BCUT2D eigenvalue weighted by Gasteiger charge is -2.62. The van der Waals surface area contributed by atoms with Gasteiger partial charge in [0.2, 0.25) is 5.91 Å². The molecule has 0 aromatic carbocycles. The molecule has 0 aromatic heterocycles. The molecule has 6 rings (SSSR count). The maximum atomic E-state index is 12.6. The number of amides is 1. The van der Waals surface area contributed by atoms with Crippen LogP contribution in [0.1, 0.15) is 98.3 Å². The van der Waals surface area contributed by atoms with Crippen molar-refractivity contribution >= 4 is 12.1 Å². The van der Waals surface area contributed by atoms with Gasteiger partial charge in [-0.3, -0.25) is 4.79 Å². The van der Waals surface area contributed by atoms with E-state index in [2.05, 4.69) is 37.9 Å². The van der Waals surface area contributed by atoms with Crippen molar-refractivity contribution in [1.82, 2.24) is 10.2 Å². The lowest BCUT2D eigenvalue weighted by molar-refractivity contribution is -0.273. The summed E-state index contributed by atoms with van der Waals surface area (Å²) in [6.07, 6.45) is 14.4. The van der Waals surface area contributed by atoms with Gasteiger partial charge in [0.1, 0.15) is 0 Å². The summed E-state index contributed by atoms with van der Waals surface area (Å²) in [6.45, 7) is 11.4. The molecule has 0 bridgehead atoms. The van der Waals surface area contributed by atoms with Crippen molar-refractivity contribution in [2.75, 3.05) is 27.2 Å². The van der Waals surface area contributed by atoms with Crippen LogP contribution < -0.4 is 5.32 Å². The first-order valence-electron chi connectivity index (χ1n) is 16.3. The molecule has 6 heteroatoms. The van der Waals surface area contributed by atoms with Crippen LogP contribution in [-0.2, 0) is 14.3 Å². The summed E-state index contributed by atoms with van der Waals surface area (Å²) in [4.78, 5) is 14.7. The van der Waals surface area contributed by atoms with Crippen LogP contribution in [0.5, 0.6) is 0 Å². The lowest BCUT2D eigenvalue weighted by Crippen LogP contribution is -2.58. The zero-order chi connectivity index (χ0) is 27.8. The topological polar surface area (TPSA) is 74.7 Å². The Kier molecular flexibility index (Phi) is 7.07. The number of ether oxygens (including phenoxy) is 2. The van der Waals surface area contributed by atoms with Crippen LogP contribution in [0.2, 0.25) is 0 Å². The quantitative estimate of drug-likeness (QED) is 0.426. The van der Waals surface area contributed by atoms with Crippen LogP contribution in [0, 0.1) is 57.2 Å². The molecule has 0 radical (unpaired) electrons. The third-order valence-corrected chi connectivity index (χ3v) is 13.8. The molecule has 6 fully saturated rings. The van der Waals surface area contributed by atoms with Gasteiger partial charge in [0.05, 0.1) is 12.7 Å². The van der Waals surface area contributed by atoms with Gasteiger partial charge in [0.25, 0.3) is 0 Å². The first kappa shape index (κ1) is 28.2. The average molecular weight is 542 g/mol. The standard InChI is InChI=1S/C33H55N3O3/c1-21-9-15-33(38-19-21)22(2)32(20-34)28(39-33)18-27-25-8-7-23-17-24(35-29(37)12-16-36(5)6)10-13-30(23,3)26(25)11-14-31(27,32)4/h20-28,34H,7-19H2,1-6H3,(H,35,37)/t21-,22-,23+,24-,25+,26-,27-,28?,30-,31-,32-,33+/m0/s1. The van der Waals surface area contributed by atoms with E-state index < -0.39 is 5.79 Å². The number of carbonyl (C=O) groups is 1. The second kappa shape index (κ2) is 9.80. The van der Waals surface area contributed by atoms with Crippen molar-refractivity contribution in [2.24, 2.45) is 51.8 Å². The second-order valence-corrected chi connectivity index (χ2v) is 15.6. The van der Waals surface area contributed by atoms with Crippen molar-refractivity contribution in [2.45, 2.75) is 116 Å². The van der Waals surface area contributed by atoms with Crippen molar-refractivity contribution in [1.29, 1.82) is 5.41 Å². The summed E-state index contributed by atoms with van der Waals surface area (Å²) in [7, 11) is 4.06. The van der Waals surface area contributed by atoms with Crippen LogP contribution in [0.4, 0.5) is 0 Å². The highest BCUT2D eigenvalue weighted by Gasteiger charge is 2.76. The molecule has 4 aliphatic carbocycles. The molecule has 4 saturated carbocycles. The molecule has 12 atom stereocenters. The third kappa shape index (κ3) is 4.04.